The number of carbonyl (C=O) groups excluding carboxylic acids is 2. The van der Waals surface area contributed by atoms with Gasteiger partial charge in [-0.3, -0.25) is 9.59 Å². The fourth-order valence-electron chi connectivity index (χ4n) is 4.35. The molecule has 3 aromatic carbocycles. The molecule has 0 unspecified atom stereocenters. The normalized spacial score (nSPS) is 11.6. The molecule has 0 saturated heterocycles. The Labute approximate surface area is 244 Å². The van der Waals surface area contributed by atoms with Gasteiger partial charge in [0.2, 0.25) is 5.91 Å². The monoisotopic (exact) mass is 571 g/mol. The van der Waals surface area contributed by atoms with Crippen molar-refractivity contribution in [3.63, 3.8) is 0 Å². The third-order valence-corrected chi connectivity index (χ3v) is 7.31. The van der Waals surface area contributed by atoms with Crippen molar-refractivity contribution in [1.82, 2.24) is 14.9 Å². The molecular formula is C32H34FN5O2S. The van der Waals surface area contributed by atoms with Gasteiger partial charge in [-0.05, 0) is 74.4 Å². The molecular weight excluding hydrogens is 537 g/mol. The Morgan fingerprint density at radius 3 is 2.07 bits per heavy atom. The summed E-state index contributed by atoms with van der Waals surface area (Å²) < 4.78 is 13.9. The highest BCUT2D eigenvalue weighted by Crippen LogP contribution is 2.28. The van der Waals surface area contributed by atoms with E-state index in [1.807, 2.05) is 94.4 Å². The first-order valence-electron chi connectivity index (χ1n) is 13.2. The van der Waals surface area contributed by atoms with Gasteiger partial charge >= 0.3 is 0 Å². The van der Waals surface area contributed by atoms with Gasteiger partial charge in [-0.1, -0.05) is 53.7 Å². The molecule has 0 aliphatic carbocycles. The summed E-state index contributed by atoms with van der Waals surface area (Å²) in [6, 6.07) is 21.8. The topological polar surface area (TPSA) is 78.4 Å². The van der Waals surface area contributed by atoms with Gasteiger partial charge in [-0.2, -0.15) is 0 Å². The number of hydrogen-bond acceptors (Lipinski definition) is 6. The van der Waals surface area contributed by atoms with Crippen LogP contribution < -0.4 is 10.2 Å². The number of carbonyl (C=O) groups is 2. The minimum absolute atomic E-state index is 0.0251. The molecule has 0 bridgehead atoms. The van der Waals surface area contributed by atoms with E-state index in [0.717, 1.165) is 28.2 Å². The number of thioether (sulfide) groups is 1. The maximum Gasteiger partial charge on any atom is 0.251 e. The average molecular weight is 572 g/mol. The van der Waals surface area contributed by atoms with Gasteiger partial charge in [0.05, 0.1) is 5.75 Å². The summed E-state index contributed by atoms with van der Waals surface area (Å²) in [5, 5.41) is 3.46. The van der Waals surface area contributed by atoms with Gasteiger partial charge in [-0.15, -0.1) is 0 Å². The number of aromatic nitrogens is 2. The summed E-state index contributed by atoms with van der Waals surface area (Å²) in [5.41, 5.74) is 5.66. The van der Waals surface area contributed by atoms with Crippen molar-refractivity contribution in [2.45, 2.75) is 38.5 Å². The molecule has 1 N–H and O–H groups in total. The first-order chi connectivity index (χ1) is 19.6. The lowest BCUT2D eigenvalue weighted by Crippen LogP contribution is -2.41. The number of benzene rings is 3. The number of hydrogen-bond donors (Lipinski definition) is 1. The summed E-state index contributed by atoms with van der Waals surface area (Å²) in [6.45, 7) is 5.93. The Bertz CT molecular complexity index is 1470. The third kappa shape index (κ3) is 8.14. The summed E-state index contributed by atoms with van der Waals surface area (Å²) >= 11 is 1.22. The lowest BCUT2D eigenvalue weighted by atomic mass is 10.0. The van der Waals surface area contributed by atoms with Gasteiger partial charge in [0, 0.05) is 43.4 Å². The molecule has 0 spiro atoms. The van der Waals surface area contributed by atoms with Crippen molar-refractivity contribution in [2.75, 3.05) is 30.1 Å². The lowest BCUT2D eigenvalue weighted by molar-refractivity contribution is -0.137. The van der Waals surface area contributed by atoms with Crippen LogP contribution in [0, 0.1) is 26.6 Å². The first-order valence-corrected chi connectivity index (χ1v) is 14.2. The third-order valence-electron chi connectivity index (χ3n) is 6.48. The van der Waals surface area contributed by atoms with E-state index in [0.29, 0.717) is 16.4 Å². The second kappa shape index (κ2) is 13.4. The Morgan fingerprint density at radius 2 is 1.49 bits per heavy atom. The Hall–Kier alpha value is -4.24. The molecule has 212 valence electrons. The van der Waals surface area contributed by atoms with Crippen LogP contribution in [0.3, 0.4) is 0 Å². The van der Waals surface area contributed by atoms with Gasteiger partial charge in [0.15, 0.2) is 5.16 Å². The summed E-state index contributed by atoms with van der Waals surface area (Å²) in [4.78, 5) is 40.2. The minimum atomic E-state index is -1.02. The van der Waals surface area contributed by atoms with Crippen LogP contribution in [0.5, 0.6) is 0 Å². The second-order valence-electron chi connectivity index (χ2n) is 10.1. The highest BCUT2D eigenvalue weighted by molar-refractivity contribution is 7.99. The number of rotatable bonds is 10. The molecule has 4 aromatic rings. The number of nitrogens with one attached hydrogen (secondary N) is 1. The first kappa shape index (κ1) is 29.7. The van der Waals surface area contributed by atoms with Crippen molar-refractivity contribution in [1.29, 1.82) is 0 Å². The number of anilines is 2. The van der Waals surface area contributed by atoms with Gasteiger partial charge in [0.1, 0.15) is 11.9 Å². The van der Waals surface area contributed by atoms with Crippen LogP contribution in [0.2, 0.25) is 0 Å². The molecule has 41 heavy (non-hydrogen) atoms. The predicted octanol–water partition coefficient (Wildman–Crippen LogP) is 6.11. The highest BCUT2D eigenvalue weighted by Gasteiger charge is 2.32. The Balaban J connectivity index is 1.69. The number of aryl methyl sites for hydroxylation is 3. The van der Waals surface area contributed by atoms with Crippen molar-refractivity contribution >= 4 is 35.0 Å². The summed E-state index contributed by atoms with van der Waals surface area (Å²) in [6.07, 6.45) is 0. The maximum atomic E-state index is 13.9. The molecule has 0 aliphatic rings. The van der Waals surface area contributed by atoms with Crippen LogP contribution in [-0.4, -0.2) is 46.5 Å². The Morgan fingerprint density at radius 1 is 0.878 bits per heavy atom. The standard InChI is InChI=1S/C32H34FN5O2S/c1-21-6-8-24(9-7-21)19-38(29(39)20-41-32-34-22(2)18-23(3)35-32)30(25-10-12-26(33)13-11-25)31(40)36-27-14-16-28(17-15-27)37(4)5/h6-18,30H,19-20H2,1-5H3,(H,36,40)/t30-/m0/s1. The fraction of sp³-hybridized carbons (Fsp3) is 0.250. The van der Waals surface area contributed by atoms with Crippen LogP contribution in [-0.2, 0) is 16.1 Å². The molecule has 2 amide bonds. The van der Waals surface area contributed by atoms with Crippen molar-refractivity contribution < 1.29 is 14.0 Å². The molecule has 0 saturated carbocycles. The average Bonchev–Trinajstić information content (AvgIpc) is 2.93. The van der Waals surface area contributed by atoms with E-state index < -0.39 is 17.8 Å². The van der Waals surface area contributed by atoms with Crippen molar-refractivity contribution in [3.8, 4) is 0 Å². The summed E-state index contributed by atoms with van der Waals surface area (Å²) in [5.74, 6) is -1.07. The van der Waals surface area contributed by atoms with Crippen LogP contribution >= 0.6 is 11.8 Å². The lowest BCUT2D eigenvalue weighted by Gasteiger charge is -2.31. The van der Waals surface area contributed by atoms with Crippen LogP contribution in [0.1, 0.15) is 34.1 Å². The number of amides is 2. The fourth-order valence-corrected chi connectivity index (χ4v) is 5.19. The number of nitrogens with zero attached hydrogens (tertiary/aromatic N) is 4. The number of halogens is 1. The van der Waals surface area contributed by atoms with Gasteiger partial charge < -0.3 is 15.1 Å². The highest BCUT2D eigenvalue weighted by atomic mass is 32.2. The van der Waals surface area contributed by atoms with E-state index >= 15 is 0 Å². The smallest absolute Gasteiger partial charge is 0.251 e. The quantitative estimate of drug-likeness (QED) is 0.183. The van der Waals surface area contributed by atoms with Gasteiger partial charge in [-0.25, -0.2) is 14.4 Å². The molecule has 1 heterocycles. The molecule has 0 radical (unpaired) electrons. The second-order valence-corrected chi connectivity index (χ2v) is 11.1. The molecule has 1 atom stereocenters. The van der Waals surface area contributed by atoms with Crippen LogP contribution in [0.15, 0.2) is 84.0 Å². The summed E-state index contributed by atoms with van der Waals surface area (Å²) in [7, 11) is 3.88. The van der Waals surface area contributed by atoms with Crippen molar-refractivity contribution in [2.24, 2.45) is 0 Å². The van der Waals surface area contributed by atoms with E-state index in [-0.39, 0.29) is 18.2 Å². The van der Waals surface area contributed by atoms with E-state index in [2.05, 4.69) is 15.3 Å². The zero-order valence-corrected chi connectivity index (χ0v) is 24.7. The molecule has 9 heteroatoms. The molecule has 4 rings (SSSR count). The van der Waals surface area contributed by atoms with E-state index in [9.17, 15) is 14.0 Å². The van der Waals surface area contributed by atoms with Crippen molar-refractivity contribution in [3.05, 3.63) is 113 Å². The molecule has 0 fully saturated rings. The van der Waals surface area contributed by atoms with E-state index in [1.54, 1.807) is 12.1 Å². The van der Waals surface area contributed by atoms with E-state index in [1.165, 1.54) is 28.8 Å². The zero-order chi connectivity index (χ0) is 29.5. The zero-order valence-electron chi connectivity index (χ0n) is 23.9. The van der Waals surface area contributed by atoms with E-state index in [4.69, 9.17) is 0 Å². The Kier molecular flexibility index (Phi) is 9.73. The minimum Gasteiger partial charge on any atom is -0.378 e. The van der Waals surface area contributed by atoms with Crippen LogP contribution in [0.25, 0.3) is 0 Å². The molecule has 1 aromatic heterocycles. The predicted molar refractivity (Wildman–Crippen MR) is 162 cm³/mol. The molecule has 0 aliphatic heterocycles. The largest absolute Gasteiger partial charge is 0.378 e. The SMILES string of the molecule is Cc1ccc(CN(C(=O)CSc2nc(C)cc(C)n2)[C@H](C(=O)Nc2ccc(N(C)C)cc2)c2ccc(F)cc2)cc1. The van der Waals surface area contributed by atoms with Crippen LogP contribution in [0.4, 0.5) is 15.8 Å². The maximum absolute atomic E-state index is 13.9. The van der Waals surface area contributed by atoms with Gasteiger partial charge in [0.25, 0.3) is 5.91 Å². The molecule has 7 nitrogen and oxygen atoms in total.